The number of aryl methyl sites for hydroxylation is 2. The van der Waals surface area contributed by atoms with Gasteiger partial charge in [-0.05, 0) is 76.0 Å². The zero-order valence-corrected chi connectivity index (χ0v) is 18.0. The molecule has 1 aromatic carbocycles. The number of hydrogen-bond acceptors (Lipinski definition) is 3. The second-order valence-corrected chi connectivity index (χ2v) is 8.33. The lowest BCUT2D eigenvalue weighted by Crippen LogP contribution is -2.34. The Kier molecular flexibility index (Phi) is 6.19. The number of pyridine rings is 1. The van der Waals surface area contributed by atoms with Crippen LogP contribution in [0.4, 0.5) is 0 Å². The Bertz CT molecular complexity index is 954. The summed E-state index contributed by atoms with van der Waals surface area (Å²) in [5.41, 5.74) is 5.94. The van der Waals surface area contributed by atoms with Crippen molar-refractivity contribution in [3.63, 3.8) is 0 Å². The monoisotopic (exact) mass is 391 g/mol. The van der Waals surface area contributed by atoms with Crippen LogP contribution in [0.3, 0.4) is 0 Å². The largest absolute Gasteiger partial charge is 0.485 e. The van der Waals surface area contributed by atoms with E-state index in [9.17, 15) is 0 Å². The molecule has 4 rings (SSSR count). The molecule has 0 radical (unpaired) electrons. The molecule has 1 aliphatic rings. The van der Waals surface area contributed by atoms with Crippen molar-refractivity contribution in [3.05, 3.63) is 65.1 Å². The molecule has 29 heavy (non-hydrogen) atoms. The summed E-state index contributed by atoms with van der Waals surface area (Å²) < 4.78 is 8.48. The molecule has 0 unspecified atom stereocenters. The van der Waals surface area contributed by atoms with E-state index in [1.807, 2.05) is 6.07 Å². The van der Waals surface area contributed by atoms with Crippen LogP contribution in [0.1, 0.15) is 61.0 Å². The number of nitrogens with zero attached hydrogens (tertiary/aromatic N) is 3. The minimum atomic E-state index is 0.573. The van der Waals surface area contributed by atoms with Gasteiger partial charge in [0.1, 0.15) is 6.61 Å². The molecule has 0 N–H and O–H groups in total. The third kappa shape index (κ3) is 4.32. The second-order valence-electron chi connectivity index (χ2n) is 8.33. The molecule has 4 heteroatoms. The van der Waals surface area contributed by atoms with Crippen molar-refractivity contribution in [3.8, 4) is 5.75 Å². The molecule has 0 spiro atoms. The fourth-order valence-electron chi connectivity index (χ4n) is 4.52. The van der Waals surface area contributed by atoms with Gasteiger partial charge in [0.05, 0.1) is 5.69 Å². The third-order valence-electron chi connectivity index (χ3n) is 6.28. The molecular formula is C25H33N3O. The third-order valence-corrected chi connectivity index (χ3v) is 6.28. The zero-order valence-electron chi connectivity index (χ0n) is 18.0. The van der Waals surface area contributed by atoms with Crippen molar-refractivity contribution in [2.75, 3.05) is 19.6 Å². The quantitative estimate of drug-likeness (QED) is 0.532. The highest BCUT2D eigenvalue weighted by atomic mass is 16.5. The van der Waals surface area contributed by atoms with Crippen LogP contribution < -0.4 is 4.74 Å². The normalized spacial score (nSPS) is 15.8. The second kappa shape index (κ2) is 9.00. The van der Waals surface area contributed by atoms with E-state index in [-0.39, 0.29) is 0 Å². The van der Waals surface area contributed by atoms with E-state index in [0.29, 0.717) is 12.5 Å². The number of imidazole rings is 1. The van der Waals surface area contributed by atoms with Crippen molar-refractivity contribution >= 4 is 5.65 Å². The Morgan fingerprint density at radius 1 is 1.07 bits per heavy atom. The first-order valence-electron chi connectivity index (χ1n) is 11.0. The highest BCUT2D eigenvalue weighted by Crippen LogP contribution is 2.33. The molecule has 3 heterocycles. The number of hydrogen-bond donors (Lipinski definition) is 0. The molecule has 4 nitrogen and oxygen atoms in total. The molecule has 0 atom stereocenters. The van der Waals surface area contributed by atoms with Crippen molar-refractivity contribution in [1.82, 2.24) is 14.3 Å². The van der Waals surface area contributed by atoms with Gasteiger partial charge in [0.25, 0.3) is 0 Å². The van der Waals surface area contributed by atoms with E-state index in [1.54, 1.807) is 0 Å². The van der Waals surface area contributed by atoms with Gasteiger partial charge >= 0.3 is 0 Å². The topological polar surface area (TPSA) is 29.8 Å². The fourth-order valence-corrected chi connectivity index (χ4v) is 4.52. The molecule has 0 aliphatic carbocycles. The van der Waals surface area contributed by atoms with Gasteiger partial charge in [-0.15, -0.1) is 0 Å². The van der Waals surface area contributed by atoms with E-state index in [2.05, 4.69) is 66.6 Å². The van der Waals surface area contributed by atoms with Crippen LogP contribution in [0.25, 0.3) is 5.65 Å². The first kappa shape index (κ1) is 20.0. The summed E-state index contributed by atoms with van der Waals surface area (Å²) in [6.07, 6.45) is 7.16. The van der Waals surface area contributed by atoms with Gasteiger partial charge in [0.15, 0.2) is 11.4 Å². The highest BCUT2D eigenvalue weighted by molar-refractivity contribution is 5.56. The predicted molar refractivity (Wildman–Crippen MR) is 119 cm³/mol. The van der Waals surface area contributed by atoms with Crippen LogP contribution in [0.5, 0.6) is 5.75 Å². The minimum absolute atomic E-state index is 0.573. The molecular weight excluding hydrogens is 358 g/mol. The molecule has 3 aromatic rings. The van der Waals surface area contributed by atoms with Gasteiger partial charge in [-0.25, -0.2) is 4.98 Å². The molecule has 0 saturated carbocycles. The zero-order chi connectivity index (χ0) is 20.2. The van der Waals surface area contributed by atoms with E-state index in [0.717, 1.165) is 17.1 Å². The number of likely N-dealkylation sites (tertiary alicyclic amines) is 1. The Morgan fingerprint density at radius 3 is 2.62 bits per heavy atom. The van der Waals surface area contributed by atoms with Gasteiger partial charge in [-0.2, -0.15) is 0 Å². The molecule has 1 saturated heterocycles. The number of aromatic nitrogens is 2. The van der Waals surface area contributed by atoms with Crippen LogP contribution in [-0.2, 0) is 6.61 Å². The maximum atomic E-state index is 6.21. The van der Waals surface area contributed by atoms with E-state index < -0.39 is 0 Å². The Hall–Kier alpha value is -2.33. The van der Waals surface area contributed by atoms with E-state index in [1.165, 1.54) is 62.1 Å². The lowest BCUT2D eigenvalue weighted by Gasteiger charge is -2.32. The maximum absolute atomic E-state index is 6.21. The van der Waals surface area contributed by atoms with E-state index in [4.69, 9.17) is 9.72 Å². The molecule has 0 amide bonds. The van der Waals surface area contributed by atoms with Gasteiger partial charge < -0.3 is 14.0 Å². The molecule has 1 aliphatic heterocycles. The number of benzene rings is 1. The van der Waals surface area contributed by atoms with Crippen LogP contribution in [0.15, 0.2) is 42.6 Å². The molecule has 0 bridgehead atoms. The first-order valence-corrected chi connectivity index (χ1v) is 11.0. The molecule has 1 fully saturated rings. The predicted octanol–water partition coefficient (Wildman–Crippen LogP) is 5.51. The Labute approximate surface area is 174 Å². The van der Waals surface area contributed by atoms with Crippen LogP contribution >= 0.6 is 0 Å². The Morgan fingerprint density at radius 2 is 1.86 bits per heavy atom. The number of fused-ring (bicyclic) bond motifs is 1. The average Bonchev–Trinajstić information content (AvgIpc) is 3.08. The Balaban J connectivity index is 1.53. The maximum Gasteiger partial charge on any atom is 0.180 e. The summed E-state index contributed by atoms with van der Waals surface area (Å²) in [5.74, 6) is 1.44. The number of piperidine rings is 1. The number of ether oxygens (including phenoxy) is 1. The van der Waals surface area contributed by atoms with Gasteiger partial charge in [-0.1, -0.05) is 37.6 Å². The van der Waals surface area contributed by atoms with Crippen LogP contribution in [0, 0.1) is 13.8 Å². The highest BCUT2D eigenvalue weighted by Gasteiger charge is 2.25. The SMILES string of the molecule is CCCCN1CCC(c2c(C)nc3c(OCc4ccccc4C)cccn23)CC1. The van der Waals surface area contributed by atoms with Crippen molar-refractivity contribution in [2.45, 2.75) is 59.0 Å². The smallest absolute Gasteiger partial charge is 0.180 e. The summed E-state index contributed by atoms with van der Waals surface area (Å²) >= 11 is 0. The number of rotatable bonds is 7. The van der Waals surface area contributed by atoms with Crippen molar-refractivity contribution in [2.24, 2.45) is 0 Å². The van der Waals surface area contributed by atoms with Crippen molar-refractivity contribution < 1.29 is 4.74 Å². The lowest BCUT2D eigenvalue weighted by atomic mass is 9.92. The first-order chi connectivity index (χ1) is 14.2. The van der Waals surface area contributed by atoms with Crippen LogP contribution in [0.2, 0.25) is 0 Å². The molecule has 2 aromatic heterocycles. The fraction of sp³-hybridized carbons (Fsp3) is 0.480. The van der Waals surface area contributed by atoms with E-state index >= 15 is 0 Å². The summed E-state index contributed by atoms with van der Waals surface area (Å²) in [4.78, 5) is 7.54. The summed E-state index contributed by atoms with van der Waals surface area (Å²) in [6.45, 7) is 10.8. The van der Waals surface area contributed by atoms with Gasteiger partial charge in [-0.3, -0.25) is 0 Å². The van der Waals surface area contributed by atoms with Gasteiger partial charge in [0.2, 0.25) is 0 Å². The minimum Gasteiger partial charge on any atom is -0.485 e. The standard InChI is InChI=1S/C25H33N3O/c1-4-5-14-27-16-12-21(13-17-27)24-20(3)26-25-23(11-8-15-28(24)25)29-18-22-10-7-6-9-19(22)2/h6-11,15,21H,4-5,12-14,16-18H2,1-3H3. The summed E-state index contributed by atoms with van der Waals surface area (Å²) in [6, 6.07) is 12.5. The lowest BCUT2D eigenvalue weighted by molar-refractivity contribution is 0.207. The average molecular weight is 392 g/mol. The number of unbranched alkanes of at least 4 members (excludes halogenated alkanes) is 1. The van der Waals surface area contributed by atoms with Crippen LogP contribution in [-0.4, -0.2) is 33.9 Å². The van der Waals surface area contributed by atoms with Crippen molar-refractivity contribution in [1.29, 1.82) is 0 Å². The molecule has 154 valence electrons. The summed E-state index contributed by atoms with van der Waals surface area (Å²) in [5, 5.41) is 0. The summed E-state index contributed by atoms with van der Waals surface area (Å²) in [7, 11) is 0. The van der Waals surface area contributed by atoms with Gasteiger partial charge in [0, 0.05) is 17.8 Å².